The van der Waals surface area contributed by atoms with Crippen LogP contribution in [0.3, 0.4) is 0 Å². The molecule has 2 aromatic rings. The van der Waals surface area contributed by atoms with Crippen LogP contribution in [0.25, 0.3) is 11.3 Å². The lowest BCUT2D eigenvalue weighted by atomic mass is 10.1. The number of hydrogen-bond donors (Lipinski definition) is 1. The Morgan fingerprint density at radius 2 is 2.06 bits per heavy atom. The molecule has 0 fully saturated rings. The Labute approximate surface area is 93.1 Å². The number of nitrogens with zero attached hydrogens (tertiary/aromatic N) is 3. The van der Waals surface area contributed by atoms with Gasteiger partial charge in [0.25, 0.3) is 5.56 Å². The summed E-state index contributed by atoms with van der Waals surface area (Å²) < 4.78 is 3.13. The molecule has 0 radical (unpaired) electrons. The van der Waals surface area contributed by atoms with Crippen molar-refractivity contribution in [1.82, 2.24) is 14.3 Å². The molecule has 5 heteroatoms. The van der Waals surface area contributed by atoms with E-state index in [4.69, 9.17) is 5.73 Å². The zero-order chi connectivity index (χ0) is 11.9. The summed E-state index contributed by atoms with van der Waals surface area (Å²) in [6.45, 7) is 1.90. The van der Waals surface area contributed by atoms with E-state index in [1.165, 1.54) is 4.57 Å². The molecule has 0 unspecified atom stereocenters. The van der Waals surface area contributed by atoms with Crippen LogP contribution in [0.5, 0.6) is 0 Å². The standard InChI is InChI=1S/C11H14N4O/c1-7-10(13-15(3)11(7)12)8-4-5-14(2)9(16)6-8/h4-6H,12H2,1-3H3. The molecule has 0 atom stereocenters. The van der Waals surface area contributed by atoms with Crippen molar-refractivity contribution < 1.29 is 0 Å². The molecule has 84 valence electrons. The minimum atomic E-state index is -0.0545. The fraction of sp³-hybridized carbons (Fsp3) is 0.273. The van der Waals surface area contributed by atoms with E-state index in [9.17, 15) is 4.79 Å². The van der Waals surface area contributed by atoms with Gasteiger partial charge < -0.3 is 10.3 Å². The van der Waals surface area contributed by atoms with Gasteiger partial charge in [-0.05, 0) is 13.0 Å². The summed E-state index contributed by atoms with van der Waals surface area (Å²) in [4.78, 5) is 11.5. The first-order chi connectivity index (χ1) is 7.50. The molecule has 0 saturated carbocycles. The summed E-state index contributed by atoms with van der Waals surface area (Å²) in [5.74, 6) is 0.621. The van der Waals surface area contributed by atoms with Crippen LogP contribution in [0, 0.1) is 6.92 Å². The van der Waals surface area contributed by atoms with Gasteiger partial charge in [-0.15, -0.1) is 0 Å². The average molecular weight is 218 g/mol. The first kappa shape index (κ1) is 10.5. The zero-order valence-corrected chi connectivity index (χ0v) is 9.56. The van der Waals surface area contributed by atoms with Crippen molar-refractivity contribution in [3.63, 3.8) is 0 Å². The van der Waals surface area contributed by atoms with Gasteiger partial charge in [-0.2, -0.15) is 5.10 Å². The molecular formula is C11H14N4O. The molecule has 0 aliphatic rings. The molecule has 16 heavy (non-hydrogen) atoms. The molecule has 0 amide bonds. The Bertz CT molecular complexity index is 595. The minimum absolute atomic E-state index is 0.0545. The molecule has 2 rings (SSSR count). The third-order valence-corrected chi connectivity index (χ3v) is 2.72. The second-order valence-corrected chi connectivity index (χ2v) is 3.85. The normalized spacial score (nSPS) is 10.7. The van der Waals surface area contributed by atoms with Gasteiger partial charge in [0.1, 0.15) is 5.82 Å². The maximum absolute atomic E-state index is 11.5. The summed E-state index contributed by atoms with van der Waals surface area (Å²) in [7, 11) is 3.50. The van der Waals surface area contributed by atoms with Crippen LogP contribution in [0.1, 0.15) is 5.56 Å². The molecule has 0 aromatic carbocycles. The van der Waals surface area contributed by atoms with Gasteiger partial charge in [0.15, 0.2) is 0 Å². The quantitative estimate of drug-likeness (QED) is 0.765. The van der Waals surface area contributed by atoms with Gasteiger partial charge in [-0.3, -0.25) is 9.48 Å². The second kappa shape index (κ2) is 3.52. The lowest BCUT2D eigenvalue weighted by Gasteiger charge is -2.00. The molecule has 0 aliphatic carbocycles. The zero-order valence-electron chi connectivity index (χ0n) is 9.56. The minimum Gasteiger partial charge on any atom is -0.384 e. The van der Waals surface area contributed by atoms with Gasteiger partial charge in [-0.1, -0.05) is 0 Å². The highest BCUT2D eigenvalue weighted by atomic mass is 16.1. The first-order valence-corrected chi connectivity index (χ1v) is 4.97. The smallest absolute Gasteiger partial charge is 0.250 e. The van der Waals surface area contributed by atoms with Gasteiger partial charge in [0.2, 0.25) is 0 Å². The number of aromatic nitrogens is 3. The molecule has 2 aromatic heterocycles. The third-order valence-electron chi connectivity index (χ3n) is 2.72. The van der Waals surface area contributed by atoms with Gasteiger partial charge >= 0.3 is 0 Å². The van der Waals surface area contributed by atoms with Crippen LogP contribution in [-0.2, 0) is 14.1 Å². The van der Waals surface area contributed by atoms with Gasteiger partial charge in [0.05, 0.1) is 5.69 Å². The van der Waals surface area contributed by atoms with E-state index in [1.807, 2.05) is 13.0 Å². The topological polar surface area (TPSA) is 65.8 Å². The third kappa shape index (κ3) is 1.50. The molecule has 0 bridgehead atoms. The van der Waals surface area contributed by atoms with Crippen molar-refractivity contribution in [2.45, 2.75) is 6.92 Å². The monoisotopic (exact) mass is 218 g/mol. The van der Waals surface area contributed by atoms with Gasteiger partial charge in [-0.25, -0.2) is 0 Å². The van der Waals surface area contributed by atoms with E-state index in [0.717, 1.165) is 16.8 Å². The predicted molar refractivity (Wildman–Crippen MR) is 63.0 cm³/mol. The van der Waals surface area contributed by atoms with E-state index in [-0.39, 0.29) is 5.56 Å². The van der Waals surface area contributed by atoms with Crippen molar-refractivity contribution in [3.05, 3.63) is 34.2 Å². The number of nitrogens with two attached hydrogens (primary N) is 1. The summed E-state index contributed by atoms with van der Waals surface area (Å²) in [6.07, 6.45) is 1.72. The Hall–Kier alpha value is -2.04. The van der Waals surface area contributed by atoms with Gasteiger partial charge in [0, 0.05) is 37.5 Å². The summed E-state index contributed by atoms with van der Waals surface area (Å²) in [6, 6.07) is 3.42. The number of anilines is 1. The highest BCUT2D eigenvalue weighted by molar-refractivity contribution is 5.67. The second-order valence-electron chi connectivity index (χ2n) is 3.85. The Morgan fingerprint density at radius 3 is 2.56 bits per heavy atom. The lowest BCUT2D eigenvalue weighted by Crippen LogP contribution is -2.14. The van der Waals surface area contributed by atoms with E-state index in [2.05, 4.69) is 5.10 Å². The number of aryl methyl sites for hydroxylation is 2. The Balaban J connectivity index is 2.63. The number of hydrogen-bond acceptors (Lipinski definition) is 3. The summed E-state index contributed by atoms with van der Waals surface area (Å²) >= 11 is 0. The van der Waals surface area contributed by atoms with Crippen LogP contribution in [-0.4, -0.2) is 14.3 Å². The summed E-state index contributed by atoms with van der Waals surface area (Å²) in [5.41, 5.74) is 8.23. The maximum Gasteiger partial charge on any atom is 0.250 e. The van der Waals surface area contributed by atoms with Crippen molar-refractivity contribution in [2.75, 3.05) is 5.73 Å². The fourth-order valence-corrected chi connectivity index (χ4v) is 1.61. The molecule has 0 spiro atoms. The highest BCUT2D eigenvalue weighted by Crippen LogP contribution is 2.24. The maximum atomic E-state index is 11.5. The highest BCUT2D eigenvalue weighted by Gasteiger charge is 2.11. The largest absolute Gasteiger partial charge is 0.384 e. The van der Waals surface area contributed by atoms with Crippen LogP contribution in [0.4, 0.5) is 5.82 Å². The van der Waals surface area contributed by atoms with Crippen molar-refractivity contribution in [3.8, 4) is 11.3 Å². The SMILES string of the molecule is Cc1c(-c2ccn(C)c(=O)c2)nn(C)c1N. The molecule has 2 N–H and O–H groups in total. The molecule has 5 nitrogen and oxygen atoms in total. The van der Waals surface area contributed by atoms with E-state index in [1.54, 1.807) is 31.0 Å². The van der Waals surface area contributed by atoms with Crippen LogP contribution < -0.4 is 11.3 Å². The Morgan fingerprint density at radius 1 is 1.38 bits per heavy atom. The molecular weight excluding hydrogens is 204 g/mol. The van der Waals surface area contributed by atoms with Crippen molar-refractivity contribution in [1.29, 1.82) is 0 Å². The van der Waals surface area contributed by atoms with Crippen LogP contribution >= 0.6 is 0 Å². The fourth-order valence-electron chi connectivity index (χ4n) is 1.61. The lowest BCUT2D eigenvalue weighted by molar-refractivity contribution is 0.781. The van der Waals surface area contributed by atoms with Crippen molar-refractivity contribution >= 4 is 5.82 Å². The number of pyridine rings is 1. The average Bonchev–Trinajstić information content (AvgIpc) is 2.50. The Kier molecular flexibility index (Phi) is 2.30. The molecule has 0 aliphatic heterocycles. The van der Waals surface area contributed by atoms with Crippen LogP contribution in [0.2, 0.25) is 0 Å². The van der Waals surface area contributed by atoms with E-state index < -0.39 is 0 Å². The van der Waals surface area contributed by atoms with Crippen LogP contribution in [0.15, 0.2) is 23.1 Å². The number of nitrogen functional groups attached to an aromatic ring is 1. The molecule has 0 saturated heterocycles. The molecule has 2 heterocycles. The van der Waals surface area contributed by atoms with E-state index >= 15 is 0 Å². The summed E-state index contributed by atoms with van der Waals surface area (Å²) in [5, 5.41) is 4.29. The number of rotatable bonds is 1. The van der Waals surface area contributed by atoms with Crippen molar-refractivity contribution in [2.24, 2.45) is 14.1 Å². The van der Waals surface area contributed by atoms with E-state index in [0.29, 0.717) is 5.82 Å². The predicted octanol–water partition coefficient (Wildman–Crippen LogP) is 0.676. The first-order valence-electron chi connectivity index (χ1n) is 4.97.